The van der Waals surface area contributed by atoms with Crippen LogP contribution in [0, 0.1) is 0 Å². The van der Waals surface area contributed by atoms with Gasteiger partial charge in [-0.1, -0.05) is 0 Å². The van der Waals surface area contributed by atoms with Crippen LogP contribution in [0.4, 0.5) is 4.79 Å². The SMILES string of the molecule is CCNC(=O)CNC(=O)N1CC(C)(OCC(=O)O)C1. The Morgan fingerprint density at radius 2 is 1.95 bits per heavy atom. The van der Waals surface area contributed by atoms with E-state index in [9.17, 15) is 14.4 Å². The molecule has 0 bridgehead atoms. The lowest BCUT2D eigenvalue weighted by molar-refractivity contribution is -0.159. The highest BCUT2D eigenvalue weighted by Gasteiger charge is 2.42. The topological polar surface area (TPSA) is 108 Å². The van der Waals surface area contributed by atoms with E-state index in [1.54, 1.807) is 13.8 Å². The number of amides is 3. The van der Waals surface area contributed by atoms with E-state index < -0.39 is 11.6 Å². The van der Waals surface area contributed by atoms with E-state index >= 15 is 0 Å². The molecule has 0 radical (unpaired) electrons. The Morgan fingerprint density at radius 1 is 1.32 bits per heavy atom. The number of nitrogens with zero attached hydrogens (tertiary/aromatic N) is 1. The van der Waals surface area contributed by atoms with E-state index in [1.165, 1.54) is 4.90 Å². The van der Waals surface area contributed by atoms with Gasteiger partial charge in [0.05, 0.1) is 19.6 Å². The summed E-state index contributed by atoms with van der Waals surface area (Å²) in [5.74, 6) is -1.29. The number of carbonyl (C=O) groups excluding carboxylic acids is 2. The number of aliphatic carboxylic acids is 1. The maximum absolute atomic E-state index is 11.6. The van der Waals surface area contributed by atoms with Crippen LogP contribution in [0.5, 0.6) is 0 Å². The Balaban J connectivity index is 2.24. The fourth-order valence-electron chi connectivity index (χ4n) is 1.76. The number of rotatable bonds is 6. The Bertz CT molecular complexity index is 365. The maximum Gasteiger partial charge on any atom is 0.329 e. The second kappa shape index (κ2) is 6.37. The fourth-order valence-corrected chi connectivity index (χ4v) is 1.76. The Morgan fingerprint density at radius 3 is 2.47 bits per heavy atom. The van der Waals surface area contributed by atoms with Crippen LogP contribution in [0.25, 0.3) is 0 Å². The number of carbonyl (C=O) groups is 3. The highest BCUT2D eigenvalue weighted by Crippen LogP contribution is 2.24. The molecular weight excluding hydrogens is 254 g/mol. The number of carboxylic acid groups (broad SMARTS) is 1. The first-order valence-electron chi connectivity index (χ1n) is 6.01. The van der Waals surface area contributed by atoms with Crippen LogP contribution in [-0.4, -0.2) is 66.3 Å². The molecule has 1 aliphatic heterocycles. The van der Waals surface area contributed by atoms with Gasteiger partial charge in [-0.2, -0.15) is 0 Å². The van der Waals surface area contributed by atoms with Gasteiger partial charge in [-0.3, -0.25) is 4.79 Å². The van der Waals surface area contributed by atoms with Gasteiger partial charge in [0.2, 0.25) is 5.91 Å². The molecule has 0 aromatic carbocycles. The molecule has 1 saturated heterocycles. The predicted octanol–water partition coefficient (Wildman–Crippen LogP) is -0.992. The Kier molecular flexibility index (Phi) is 5.11. The van der Waals surface area contributed by atoms with Crippen LogP contribution in [0.3, 0.4) is 0 Å². The molecule has 0 spiro atoms. The summed E-state index contributed by atoms with van der Waals surface area (Å²) in [4.78, 5) is 34.6. The summed E-state index contributed by atoms with van der Waals surface area (Å²) in [6.45, 7) is 4.20. The second-order valence-electron chi connectivity index (χ2n) is 4.60. The molecule has 0 aromatic heterocycles. The lowest BCUT2D eigenvalue weighted by Gasteiger charge is -2.46. The number of nitrogens with one attached hydrogen (secondary N) is 2. The third-order valence-electron chi connectivity index (χ3n) is 2.66. The lowest BCUT2D eigenvalue weighted by atomic mass is 9.97. The van der Waals surface area contributed by atoms with Crippen LogP contribution in [-0.2, 0) is 14.3 Å². The number of hydrogen-bond acceptors (Lipinski definition) is 4. The third-order valence-corrected chi connectivity index (χ3v) is 2.66. The van der Waals surface area contributed by atoms with Crippen LogP contribution in [0.1, 0.15) is 13.8 Å². The van der Waals surface area contributed by atoms with E-state index in [0.717, 1.165) is 0 Å². The average Bonchev–Trinajstić information content (AvgIpc) is 2.30. The van der Waals surface area contributed by atoms with Crippen molar-refractivity contribution in [1.82, 2.24) is 15.5 Å². The van der Waals surface area contributed by atoms with E-state index in [0.29, 0.717) is 19.6 Å². The van der Waals surface area contributed by atoms with Gasteiger partial charge in [0.1, 0.15) is 12.2 Å². The summed E-state index contributed by atoms with van der Waals surface area (Å²) in [6, 6.07) is -0.359. The summed E-state index contributed by atoms with van der Waals surface area (Å²) in [6.07, 6.45) is 0. The zero-order valence-corrected chi connectivity index (χ0v) is 11.1. The van der Waals surface area contributed by atoms with E-state index in [1.807, 2.05) is 0 Å². The number of carboxylic acids is 1. The molecule has 19 heavy (non-hydrogen) atoms. The first-order valence-corrected chi connectivity index (χ1v) is 6.01. The van der Waals surface area contributed by atoms with Crippen molar-refractivity contribution in [3.8, 4) is 0 Å². The molecule has 0 unspecified atom stereocenters. The van der Waals surface area contributed by atoms with Gasteiger partial charge < -0.3 is 25.4 Å². The Hall–Kier alpha value is -1.83. The minimum Gasteiger partial charge on any atom is -0.480 e. The molecule has 3 amide bonds. The highest BCUT2D eigenvalue weighted by atomic mass is 16.5. The molecule has 8 heteroatoms. The number of urea groups is 1. The zero-order valence-electron chi connectivity index (χ0n) is 11.1. The van der Waals surface area contributed by atoms with E-state index in [2.05, 4.69) is 10.6 Å². The van der Waals surface area contributed by atoms with Crippen molar-refractivity contribution in [2.75, 3.05) is 32.8 Å². The van der Waals surface area contributed by atoms with Gasteiger partial charge in [0.25, 0.3) is 0 Å². The fraction of sp³-hybridized carbons (Fsp3) is 0.727. The first-order chi connectivity index (χ1) is 8.86. The summed E-state index contributed by atoms with van der Waals surface area (Å²) in [5, 5.41) is 13.5. The van der Waals surface area contributed by atoms with Crippen LogP contribution in [0.15, 0.2) is 0 Å². The minimum absolute atomic E-state index is 0.0735. The first kappa shape index (κ1) is 15.2. The van der Waals surface area contributed by atoms with E-state index in [-0.39, 0.29) is 25.1 Å². The molecule has 0 aliphatic carbocycles. The van der Waals surface area contributed by atoms with Crippen molar-refractivity contribution in [3.63, 3.8) is 0 Å². The Labute approximate surface area is 111 Å². The monoisotopic (exact) mass is 273 g/mol. The van der Waals surface area contributed by atoms with Crippen molar-refractivity contribution < 1.29 is 24.2 Å². The number of likely N-dealkylation sites (N-methyl/N-ethyl adjacent to an activating group) is 1. The minimum atomic E-state index is -1.04. The van der Waals surface area contributed by atoms with Gasteiger partial charge in [0, 0.05) is 6.54 Å². The standard InChI is InChI=1S/C11H19N3O5/c1-3-12-8(15)4-13-10(18)14-6-11(2,7-14)19-5-9(16)17/h3-7H2,1-2H3,(H,12,15)(H,13,18)(H,16,17). The van der Waals surface area contributed by atoms with Crippen LogP contribution in [0.2, 0.25) is 0 Å². The summed E-state index contributed by atoms with van der Waals surface area (Å²) in [7, 11) is 0. The largest absolute Gasteiger partial charge is 0.480 e. The zero-order chi connectivity index (χ0) is 14.5. The van der Waals surface area contributed by atoms with Crippen molar-refractivity contribution in [3.05, 3.63) is 0 Å². The van der Waals surface area contributed by atoms with Crippen molar-refractivity contribution in [2.45, 2.75) is 19.4 Å². The van der Waals surface area contributed by atoms with Gasteiger partial charge in [-0.25, -0.2) is 9.59 Å². The van der Waals surface area contributed by atoms with Gasteiger partial charge in [0.15, 0.2) is 0 Å². The quantitative estimate of drug-likeness (QED) is 0.576. The summed E-state index contributed by atoms with van der Waals surface area (Å²) in [5.41, 5.74) is -0.624. The normalized spacial score (nSPS) is 16.4. The molecule has 1 rings (SSSR count). The molecule has 1 heterocycles. The molecule has 1 aliphatic rings. The molecular formula is C11H19N3O5. The molecule has 108 valence electrons. The molecule has 0 saturated carbocycles. The molecule has 1 fully saturated rings. The molecule has 8 nitrogen and oxygen atoms in total. The number of ether oxygens (including phenoxy) is 1. The van der Waals surface area contributed by atoms with Crippen molar-refractivity contribution >= 4 is 17.9 Å². The van der Waals surface area contributed by atoms with Gasteiger partial charge in [-0.15, -0.1) is 0 Å². The van der Waals surface area contributed by atoms with Crippen LogP contribution >= 0.6 is 0 Å². The third kappa shape index (κ3) is 4.74. The lowest BCUT2D eigenvalue weighted by Crippen LogP contribution is -2.65. The predicted molar refractivity (Wildman–Crippen MR) is 65.6 cm³/mol. The summed E-state index contributed by atoms with van der Waals surface area (Å²) >= 11 is 0. The van der Waals surface area contributed by atoms with Crippen molar-refractivity contribution in [1.29, 1.82) is 0 Å². The van der Waals surface area contributed by atoms with E-state index in [4.69, 9.17) is 9.84 Å². The van der Waals surface area contributed by atoms with Crippen LogP contribution < -0.4 is 10.6 Å². The number of likely N-dealkylation sites (tertiary alicyclic amines) is 1. The smallest absolute Gasteiger partial charge is 0.329 e. The number of hydrogen-bond donors (Lipinski definition) is 3. The molecule has 0 atom stereocenters. The summed E-state index contributed by atoms with van der Waals surface area (Å²) < 4.78 is 5.17. The van der Waals surface area contributed by atoms with Gasteiger partial charge >= 0.3 is 12.0 Å². The van der Waals surface area contributed by atoms with Gasteiger partial charge in [-0.05, 0) is 13.8 Å². The molecule has 3 N–H and O–H groups in total. The maximum atomic E-state index is 11.6. The molecule has 0 aromatic rings. The second-order valence-corrected chi connectivity index (χ2v) is 4.60. The highest BCUT2D eigenvalue weighted by molar-refractivity contribution is 5.84. The average molecular weight is 273 g/mol. The van der Waals surface area contributed by atoms with Crippen molar-refractivity contribution in [2.24, 2.45) is 0 Å².